The number of aliphatic imine (C=N–C) groups is 1. The molecule has 4 heteroatoms. The van der Waals surface area contributed by atoms with Crippen molar-refractivity contribution in [1.29, 1.82) is 0 Å². The number of carbonyl (C=O) groups is 1. The molecular formula is C14H8N2O2. The van der Waals surface area contributed by atoms with Gasteiger partial charge in [-0.2, -0.15) is 0 Å². The zero-order valence-corrected chi connectivity index (χ0v) is 9.29. The van der Waals surface area contributed by atoms with Crippen LogP contribution in [0.3, 0.4) is 0 Å². The maximum absolute atomic E-state index is 11.8. The summed E-state index contributed by atoms with van der Waals surface area (Å²) >= 11 is 0. The summed E-state index contributed by atoms with van der Waals surface area (Å²) in [6, 6.07) is 1.14. The molecule has 1 N–H and O–H groups in total. The van der Waals surface area contributed by atoms with E-state index < -0.39 is 6.04 Å². The van der Waals surface area contributed by atoms with E-state index in [1.54, 1.807) is 24.6 Å². The molecule has 2 aliphatic heterocycles. The second kappa shape index (κ2) is 3.04. The van der Waals surface area contributed by atoms with Crippen molar-refractivity contribution in [2.45, 2.75) is 6.04 Å². The van der Waals surface area contributed by atoms with Crippen LogP contribution in [0.5, 0.6) is 5.75 Å². The van der Waals surface area contributed by atoms with E-state index in [0.29, 0.717) is 5.36 Å². The molecule has 4 rings (SSSR count). The quantitative estimate of drug-likeness (QED) is 0.693. The summed E-state index contributed by atoms with van der Waals surface area (Å²) in [7, 11) is 0. The van der Waals surface area contributed by atoms with Gasteiger partial charge in [-0.3, -0.25) is 14.8 Å². The Balaban J connectivity index is 2.15. The van der Waals surface area contributed by atoms with Crippen molar-refractivity contribution in [3.05, 3.63) is 46.0 Å². The smallest absolute Gasteiger partial charge is 0.184 e. The van der Waals surface area contributed by atoms with Crippen molar-refractivity contribution in [1.82, 2.24) is 0 Å². The van der Waals surface area contributed by atoms with E-state index in [-0.39, 0.29) is 11.5 Å². The normalized spacial score (nSPS) is 21.9. The number of fused-ring (bicyclic) bond motifs is 5. The lowest BCUT2D eigenvalue weighted by molar-refractivity contribution is -0.114. The van der Waals surface area contributed by atoms with Crippen molar-refractivity contribution >= 4 is 23.8 Å². The summed E-state index contributed by atoms with van der Waals surface area (Å²) in [6.45, 7) is 0. The average molecular weight is 236 g/mol. The molecular weight excluding hydrogens is 228 g/mol. The number of hydrogen-bond acceptors (Lipinski definition) is 4. The van der Waals surface area contributed by atoms with E-state index in [2.05, 4.69) is 9.98 Å². The molecule has 86 valence electrons. The van der Waals surface area contributed by atoms with Crippen LogP contribution in [0.4, 0.5) is 0 Å². The molecule has 18 heavy (non-hydrogen) atoms. The van der Waals surface area contributed by atoms with Crippen LogP contribution in [-0.2, 0) is 4.79 Å². The second-order valence-corrected chi connectivity index (χ2v) is 4.44. The van der Waals surface area contributed by atoms with Gasteiger partial charge in [0.1, 0.15) is 17.1 Å². The van der Waals surface area contributed by atoms with Gasteiger partial charge in [0, 0.05) is 28.8 Å². The van der Waals surface area contributed by atoms with Gasteiger partial charge >= 0.3 is 0 Å². The first-order chi connectivity index (χ1) is 8.75. The fourth-order valence-corrected chi connectivity index (χ4v) is 2.62. The third-order valence-corrected chi connectivity index (χ3v) is 3.42. The summed E-state index contributed by atoms with van der Waals surface area (Å²) in [5, 5.41) is 11.4. The van der Waals surface area contributed by atoms with E-state index in [0.717, 1.165) is 21.9 Å². The Morgan fingerprint density at radius 2 is 2.22 bits per heavy atom. The lowest BCUT2D eigenvalue weighted by Crippen LogP contribution is -2.19. The van der Waals surface area contributed by atoms with Crippen molar-refractivity contribution < 1.29 is 9.90 Å². The third-order valence-electron chi connectivity index (χ3n) is 3.42. The maximum atomic E-state index is 11.8. The van der Waals surface area contributed by atoms with Crippen molar-refractivity contribution in [3.63, 3.8) is 0 Å². The second-order valence-electron chi connectivity index (χ2n) is 4.44. The van der Waals surface area contributed by atoms with E-state index in [4.69, 9.17) is 0 Å². The molecule has 0 radical (unpaired) electrons. The third kappa shape index (κ3) is 1.02. The van der Waals surface area contributed by atoms with Crippen LogP contribution in [0.2, 0.25) is 0 Å². The SMILES string of the molecule is O=C1C=CC=C2c3c4c(cc(O)c3=NC12)=CN=C4. The molecule has 1 unspecified atom stereocenters. The molecule has 0 amide bonds. The number of phenolic OH excluding ortho intramolecular Hbond substituents is 1. The van der Waals surface area contributed by atoms with Crippen LogP contribution < -0.4 is 10.6 Å². The molecule has 3 aliphatic rings. The van der Waals surface area contributed by atoms with Crippen LogP contribution in [0.15, 0.2) is 34.3 Å². The minimum absolute atomic E-state index is 0.0456. The lowest BCUT2D eigenvalue weighted by Gasteiger charge is -2.11. The van der Waals surface area contributed by atoms with Gasteiger partial charge in [-0.25, -0.2) is 0 Å². The molecule has 4 nitrogen and oxygen atoms in total. The van der Waals surface area contributed by atoms with Gasteiger partial charge < -0.3 is 5.11 Å². The summed E-state index contributed by atoms with van der Waals surface area (Å²) < 4.78 is 0. The molecule has 1 aromatic rings. The van der Waals surface area contributed by atoms with Crippen LogP contribution in [-0.4, -0.2) is 23.1 Å². The Morgan fingerprint density at radius 1 is 1.33 bits per heavy atom. The standard InChI is InChI=1S/C14H8N2O2/c17-10-3-1-2-8-12-9-6-15-5-7(9)4-11(18)14(12)16-13(8)10/h1-6,13,18H. The van der Waals surface area contributed by atoms with E-state index >= 15 is 0 Å². The number of carbonyl (C=O) groups excluding carboxylic acids is 1. The van der Waals surface area contributed by atoms with Crippen LogP contribution in [0, 0.1) is 0 Å². The number of phenols is 1. The maximum Gasteiger partial charge on any atom is 0.184 e. The Kier molecular flexibility index (Phi) is 1.61. The van der Waals surface area contributed by atoms with Crippen LogP contribution in [0.1, 0.15) is 11.1 Å². The molecule has 0 aromatic heterocycles. The van der Waals surface area contributed by atoms with E-state index in [1.807, 2.05) is 6.08 Å². The summed E-state index contributed by atoms with van der Waals surface area (Å²) in [5.74, 6) is 0.0596. The zero-order chi connectivity index (χ0) is 12.3. The predicted molar refractivity (Wildman–Crippen MR) is 66.9 cm³/mol. The van der Waals surface area contributed by atoms with E-state index in [9.17, 15) is 9.90 Å². The van der Waals surface area contributed by atoms with Gasteiger partial charge in [0.15, 0.2) is 5.78 Å². The monoisotopic (exact) mass is 236 g/mol. The fourth-order valence-electron chi connectivity index (χ4n) is 2.62. The summed E-state index contributed by atoms with van der Waals surface area (Å²) in [6.07, 6.45) is 8.57. The average Bonchev–Trinajstić information content (AvgIpc) is 2.93. The molecule has 0 fully saturated rings. The Bertz CT molecular complexity index is 813. The van der Waals surface area contributed by atoms with Crippen molar-refractivity contribution in [2.24, 2.45) is 9.98 Å². The Labute approximate surface area is 102 Å². The summed E-state index contributed by atoms with van der Waals surface area (Å²) in [4.78, 5) is 20.2. The van der Waals surface area contributed by atoms with Gasteiger partial charge in [-0.15, -0.1) is 0 Å². The summed E-state index contributed by atoms with van der Waals surface area (Å²) in [5.41, 5.74) is 2.63. The highest BCUT2D eigenvalue weighted by molar-refractivity contribution is 6.09. The molecule has 0 bridgehead atoms. The molecule has 1 aromatic carbocycles. The minimum atomic E-state index is -0.503. The van der Waals surface area contributed by atoms with Gasteiger partial charge in [-0.05, 0) is 17.7 Å². The molecule has 0 spiro atoms. The number of aromatic hydroxyl groups is 1. The fraction of sp³-hybridized carbons (Fsp3) is 0.0714. The molecule has 2 heterocycles. The number of rotatable bonds is 0. The topological polar surface area (TPSA) is 62.0 Å². The molecule has 1 aliphatic carbocycles. The number of nitrogens with zero attached hydrogens (tertiary/aromatic N) is 2. The predicted octanol–water partition coefficient (Wildman–Crippen LogP) is 0.0868. The molecule has 0 saturated heterocycles. The molecule has 1 atom stereocenters. The highest BCUT2D eigenvalue weighted by Gasteiger charge is 2.32. The highest BCUT2D eigenvalue weighted by Crippen LogP contribution is 2.29. The van der Waals surface area contributed by atoms with Gasteiger partial charge in [0.25, 0.3) is 0 Å². The number of ketones is 1. The minimum Gasteiger partial charge on any atom is -0.506 e. The van der Waals surface area contributed by atoms with E-state index in [1.165, 1.54) is 6.08 Å². The first kappa shape index (κ1) is 9.53. The Hall–Kier alpha value is -2.49. The highest BCUT2D eigenvalue weighted by atomic mass is 16.3. The largest absolute Gasteiger partial charge is 0.506 e. The van der Waals surface area contributed by atoms with Gasteiger partial charge in [0.05, 0.1) is 0 Å². The molecule has 0 saturated carbocycles. The van der Waals surface area contributed by atoms with Gasteiger partial charge in [-0.1, -0.05) is 12.2 Å². The van der Waals surface area contributed by atoms with Crippen molar-refractivity contribution in [3.8, 4) is 5.75 Å². The van der Waals surface area contributed by atoms with Gasteiger partial charge in [0.2, 0.25) is 0 Å². The number of hydrogen-bond donors (Lipinski definition) is 1. The number of benzene rings is 1. The van der Waals surface area contributed by atoms with Crippen molar-refractivity contribution in [2.75, 3.05) is 0 Å². The lowest BCUT2D eigenvalue weighted by atomic mass is 9.91. The van der Waals surface area contributed by atoms with Crippen LogP contribution >= 0.6 is 0 Å². The zero-order valence-electron chi connectivity index (χ0n) is 9.29. The Morgan fingerprint density at radius 3 is 3.11 bits per heavy atom. The first-order valence-electron chi connectivity index (χ1n) is 5.65. The number of allylic oxidation sites excluding steroid dienone is 2. The van der Waals surface area contributed by atoms with Crippen LogP contribution in [0.25, 0.3) is 11.8 Å². The first-order valence-corrected chi connectivity index (χ1v) is 5.65.